The van der Waals surface area contributed by atoms with Gasteiger partial charge in [-0.2, -0.15) is 0 Å². The van der Waals surface area contributed by atoms with Crippen molar-refractivity contribution in [2.24, 2.45) is 11.8 Å². The van der Waals surface area contributed by atoms with Gasteiger partial charge in [0.1, 0.15) is 11.5 Å². The van der Waals surface area contributed by atoms with Gasteiger partial charge < -0.3 is 19.7 Å². The summed E-state index contributed by atoms with van der Waals surface area (Å²) in [6, 6.07) is 5.25. The number of ether oxygens (including phenoxy) is 2. The van der Waals surface area contributed by atoms with E-state index in [0.717, 1.165) is 25.9 Å². The van der Waals surface area contributed by atoms with Crippen molar-refractivity contribution in [2.75, 3.05) is 32.6 Å². The fourth-order valence-corrected chi connectivity index (χ4v) is 3.41. The summed E-state index contributed by atoms with van der Waals surface area (Å²) in [5.74, 6) is 0.838. The van der Waals surface area contributed by atoms with E-state index in [0.29, 0.717) is 23.6 Å². The number of hydrogen-bond donors (Lipinski definition) is 1. The second kappa shape index (κ2) is 7.76. The van der Waals surface area contributed by atoms with Gasteiger partial charge in [-0.1, -0.05) is 12.8 Å². The molecule has 1 N–H and O–H groups in total. The molecule has 1 saturated carbocycles. The number of carbonyl (C=O) groups excluding carboxylic acids is 2. The molecule has 136 valence electrons. The summed E-state index contributed by atoms with van der Waals surface area (Å²) in [4.78, 5) is 27.0. The van der Waals surface area contributed by atoms with Crippen LogP contribution >= 0.6 is 0 Å². The Morgan fingerprint density at radius 2 is 1.76 bits per heavy atom. The highest BCUT2D eigenvalue weighted by Crippen LogP contribution is 2.42. The summed E-state index contributed by atoms with van der Waals surface area (Å²) in [6.45, 7) is 1.66. The highest BCUT2D eigenvalue weighted by atomic mass is 16.5. The Balaban J connectivity index is 1.59. The van der Waals surface area contributed by atoms with Gasteiger partial charge in [0.05, 0.1) is 31.7 Å². The summed E-state index contributed by atoms with van der Waals surface area (Å²) in [6.07, 6.45) is 5.15. The number of carbonyl (C=O) groups is 2. The maximum atomic E-state index is 12.6. The molecular weight excluding hydrogens is 320 g/mol. The molecule has 1 aromatic carbocycles. The van der Waals surface area contributed by atoms with E-state index >= 15 is 0 Å². The Kier molecular flexibility index (Phi) is 5.46. The zero-order chi connectivity index (χ0) is 17.8. The van der Waals surface area contributed by atoms with E-state index in [2.05, 4.69) is 5.32 Å². The van der Waals surface area contributed by atoms with Crippen molar-refractivity contribution in [3.8, 4) is 11.5 Å². The van der Waals surface area contributed by atoms with E-state index in [1.807, 2.05) is 4.90 Å². The first-order valence-electron chi connectivity index (χ1n) is 8.95. The first-order chi connectivity index (χ1) is 12.1. The van der Waals surface area contributed by atoms with Crippen LogP contribution in [0.15, 0.2) is 18.2 Å². The van der Waals surface area contributed by atoms with Crippen LogP contribution in [0.5, 0.6) is 11.5 Å². The molecule has 2 amide bonds. The lowest BCUT2D eigenvalue weighted by atomic mass is 10.2. The Bertz CT molecular complexity index is 638. The lowest BCUT2D eigenvalue weighted by Crippen LogP contribution is -2.34. The number of nitrogens with zero attached hydrogens (tertiary/aromatic N) is 1. The quantitative estimate of drug-likeness (QED) is 0.890. The van der Waals surface area contributed by atoms with Gasteiger partial charge in [-0.3, -0.25) is 9.59 Å². The van der Waals surface area contributed by atoms with Gasteiger partial charge in [-0.25, -0.2) is 0 Å². The third-order valence-electron chi connectivity index (χ3n) is 5.03. The molecule has 0 bridgehead atoms. The SMILES string of the molecule is COc1ccc(NC(=O)C2CC2C(=O)N2CCCCCC2)c(OC)c1. The van der Waals surface area contributed by atoms with Crippen LogP contribution in [0.4, 0.5) is 5.69 Å². The highest BCUT2D eigenvalue weighted by molar-refractivity contribution is 6.00. The molecule has 1 aliphatic carbocycles. The van der Waals surface area contributed by atoms with Crippen molar-refractivity contribution in [3.63, 3.8) is 0 Å². The molecule has 2 aliphatic rings. The van der Waals surface area contributed by atoms with E-state index < -0.39 is 0 Å². The minimum Gasteiger partial charge on any atom is -0.497 e. The van der Waals surface area contributed by atoms with Crippen molar-refractivity contribution in [1.29, 1.82) is 0 Å². The molecule has 2 fully saturated rings. The van der Waals surface area contributed by atoms with E-state index in [9.17, 15) is 9.59 Å². The summed E-state index contributed by atoms with van der Waals surface area (Å²) in [5.41, 5.74) is 0.598. The fraction of sp³-hybridized carbons (Fsp3) is 0.579. The van der Waals surface area contributed by atoms with Crippen molar-refractivity contribution >= 4 is 17.5 Å². The molecule has 2 unspecified atom stereocenters. The number of benzene rings is 1. The molecule has 0 spiro atoms. The molecule has 2 atom stereocenters. The number of rotatable bonds is 5. The minimum atomic E-state index is -0.234. The van der Waals surface area contributed by atoms with Crippen LogP contribution < -0.4 is 14.8 Å². The number of anilines is 1. The van der Waals surface area contributed by atoms with Crippen molar-refractivity contribution in [3.05, 3.63) is 18.2 Å². The van der Waals surface area contributed by atoms with E-state index in [4.69, 9.17) is 9.47 Å². The lowest BCUT2D eigenvalue weighted by Gasteiger charge is -2.20. The van der Waals surface area contributed by atoms with Gasteiger partial charge in [0, 0.05) is 19.2 Å². The smallest absolute Gasteiger partial charge is 0.228 e. The summed E-state index contributed by atoms with van der Waals surface area (Å²) < 4.78 is 10.5. The number of hydrogen-bond acceptors (Lipinski definition) is 4. The largest absolute Gasteiger partial charge is 0.497 e. The summed E-state index contributed by atoms with van der Waals surface area (Å²) in [7, 11) is 3.13. The van der Waals surface area contributed by atoms with Gasteiger partial charge in [-0.15, -0.1) is 0 Å². The lowest BCUT2D eigenvalue weighted by molar-refractivity contribution is -0.134. The van der Waals surface area contributed by atoms with Crippen molar-refractivity contribution in [1.82, 2.24) is 4.90 Å². The third kappa shape index (κ3) is 4.06. The van der Waals surface area contributed by atoms with E-state index in [-0.39, 0.29) is 23.7 Å². The second-order valence-corrected chi connectivity index (χ2v) is 6.74. The number of likely N-dealkylation sites (tertiary alicyclic amines) is 1. The molecule has 25 heavy (non-hydrogen) atoms. The highest BCUT2D eigenvalue weighted by Gasteiger charge is 2.49. The molecular formula is C19H26N2O4. The predicted molar refractivity (Wildman–Crippen MR) is 94.8 cm³/mol. The van der Waals surface area contributed by atoms with Crippen LogP contribution in [0.25, 0.3) is 0 Å². The topological polar surface area (TPSA) is 67.9 Å². The van der Waals surface area contributed by atoms with Crippen LogP contribution in [0.2, 0.25) is 0 Å². The van der Waals surface area contributed by atoms with Gasteiger partial charge in [-0.05, 0) is 31.4 Å². The van der Waals surface area contributed by atoms with Crippen LogP contribution in [-0.2, 0) is 9.59 Å². The average molecular weight is 346 g/mol. The average Bonchev–Trinajstić information content (AvgIpc) is 3.45. The standard InChI is InChI=1S/C19H26N2O4/c1-24-13-7-8-16(17(11-13)25-2)20-18(22)14-12-15(14)19(23)21-9-5-3-4-6-10-21/h7-8,11,14-15H,3-6,9-10,12H2,1-2H3,(H,20,22). The molecule has 6 heteroatoms. The molecule has 1 heterocycles. The van der Waals surface area contributed by atoms with Crippen molar-refractivity contribution in [2.45, 2.75) is 32.1 Å². The first kappa shape index (κ1) is 17.6. The normalized spacial score (nSPS) is 22.7. The maximum absolute atomic E-state index is 12.6. The summed E-state index contributed by atoms with van der Waals surface area (Å²) in [5, 5.41) is 2.88. The van der Waals surface area contributed by atoms with Crippen molar-refractivity contribution < 1.29 is 19.1 Å². The van der Waals surface area contributed by atoms with Crippen LogP contribution in [-0.4, -0.2) is 44.0 Å². The van der Waals surface area contributed by atoms with Crippen LogP contribution in [0.1, 0.15) is 32.1 Å². The number of amides is 2. The molecule has 1 aliphatic heterocycles. The maximum Gasteiger partial charge on any atom is 0.228 e. The Morgan fingerprint density at radius 3 is 2.40 bits per heavy atom. The number of methoxy groups -OCH3 is 2. The minimum absolute atomic E-state index is 0.114. The Morgan fingerprint density at radius 1 is 1.04 bits per heavy atom. The molecule has 1 saturated heterocycles. The van der Waals surface area contributed by atoms with Gasteiger partial charge in [0.2, 0.25) is 11.8 Å². The third-order valence-corrected chi connectivity index (χ3v) is 5.03. The molecule has 3 rings (SSSR count). The zero-order valence-electron chi connectivity index (χ0n) is 14.9. The Hall–Kier alpha value is -2.24. The summed E-state index contributed by atoms with van der Waals surface area (Å²) >= 11 is 0. The van der Waals surface area contributed by atoms with E-state index in [1.165, 1.54) is 12.8 Å². The Labute approximate surface area is 148 Å². The fourth-order valence-electron chi connectivity index (χ4n) is 3.41. The second-order valence-electron chi connectivity index (χ2n) is 6.74. The van der Waals surface area contributed by atoms with Gasteiger partial charge in [0.25, 0.3) is 0 Å². The van der Waals surface area contributed by atoms with Crippen LogP contribution in [0.3, 0.4) is 0 Å². The first-order valence-corrected chi connectivity index (χ1v) is 8.95. The van der Waals surface area contributed by atoms with Gasteiger partial charge in [0.15, 0.2) is 0 Å². The van der Waals surface area contributed by atoms with Crippen LogP contribution in [0, 0.1) is 11.8 Å². The zero-order valence-corrected chi connectivity index (χ0v) is 14.9. The van der Waals surface area contributed by atoms with Gasteiger partial charge >= 0.3 is 0 Å². The predicted octanol–water partition coefficient (Wildman–Crippen LogP) is 2.68. The monoisotopic (exact) mass is 346 g/mol. The molecule has 6 nitrogen and oxygen atoms in total. The number of nitrogens with one attached hydrogen (secondary N) is 1. The molecule has 1 aromatic rings. The molecule has 0 radical (unpaired) electrons. The van der Waals surface area contributed by atoms with E-state index in [1.54, 1.807) is 32.4 Å². The molecule has 0 aromatic heterocycles.